The van der Waals surface area contributed by atoms with E-state index in [2.05, 4.69) is 36.5 Å². The first kappa shape index (κ1) is 13.2. The highest BCUT2D eigenvalue weighted by molar-refractivity contribution is 5.34. The highest BCUT2D eigenvalue weighted by Crippen LogP contribution is 2.41. The largest absolute Gasteiger partial charge is 0.457 e. The molecule has 0 saturated heterocycles. The lowest BCUT2D eigenvalue weighted by Crippen LogP contribution is -2.22. The quantitative estimate of drug-likeness (QED) is 0.829. The van der Waals surface area contributed by atoms with Crippen LogP contribution in [0.5, 0.6) is 11.5 Å². The summed E-state index contributed by atoms with van der Waals surface area (Å²) in [7, 11) is 0. The van der Waals surface area contributed by atoms with Gasteiger partial charge in [-0.3, -0.25) is 0 Å². The summed E-state index contributed by atoms with van der Waals surface area (Å²) in [5.41, 5.74) is 1.37. The molecule has 0 bridgehead atoms. The minimum Gasteiger partial charge on any atom is -0.457 e. The smallest absolute Gasteiger partial charge is 0.127 e. The Bertz CT molecular complexity index is 531. The first-order chi connectivity index (χ1) is 9.86. The number of hydrogen-bond donors (Lipinski definition) is 1. The van der Waals surface area contributed by atoms with Crippen LogP contribution in [0.3, 0.4) is 0 Å². The molecule has 1 atom stereocenters. The van der Waals surface area contributed by atoms with Gasteiger partial charge in [0.2, 0.25) is 0 Å². The van der Waals surface area contributed by atoms with Gasteiger partial charge in [-0.15, -0.1) is 0 Å². The SMILES string of the molecule is CCNC(c1ccc(Oc2ccccc2)cc1)C1CC1. The summed E-state index contributed by atoms with van der Waals surface area (Å²) in [6.07, 6.45) is 2.69. The molecule has 1 fully saturated rings. The van der Waals surface area contributed by atoms with Crippen molar-refractivity contribution in [3.05, 3.63) is 60.2 Å². The van der Waals surface area contributed by atoms with Gasteiger partial charge in [0.1, 0.15) is 11.5 Å². The van der Waals surface area contributed by atoms with Gasteiger partial charge < -0.3 is 10.1 Å². The minimum absolute atomic E-state index is 0.505. The normalized spacial score (nSPS) is 15.8. The first-order valence-corrected chi connectivity index (χ1v) is 7.43. The molecule has 0 aliphatic heterocycles. The molecule has 0 heterocycles. The van der Waals surface area contributed by atoms with Crippen molar-refractivity contribution >= 4 is 0 Å². The Morgan fingerprint density at radius 3 is 2.25 bits per heavy atom. The standard InChI is InChI=1S/C18H21NO/c1-2-19-18(14-8-9-14)15-10-12-17(13-11-15)20-16-6-4-3-5-7-16/h3-7,10-14,18-19H,2,8-9H2,1H3. The maximum absolute atomic E-state index is 5.83. The Balaban J connectivity index is 1.70. The topological polar surface area (TPSA) is 21.3 Å². The van der Waals surface area contributed by atoms with Gasteiger partial charge in [-0.05, 0) is 55.1 Å². The molecule has 1 unspecified atom stereocenters. The third-order valence-electron chi connectivity index (χ3n) is 3.74. The molecule has 3 rings (SSSR count). The molecule has 0 radical (unpaired) electrons. The maximum Gasteiger partial charge on any atom is 0.127 e. The highest BCUT2D eigenvalue weighted by atomic mass is 16.5. The van der Waals surface area contributed by atoms with Crippen LogP contribution in [0, 0.1) is 5.92 Å². The average molecular weight is 267 g/mol. The molecule has 0 amide bonds. The van der Waals surface area contributed by atoms with Crippen LogP contribution in [0.1, 0.15) is 31.4 Å². The van der Waals surface area contributed by atoms with Gasteiger partial charge in [0.15, 0.2) is 0 Å². The molecule has 2 aromatic carbocycles. The van der Waals surface area contributed by atoms with E-state index in [0.29, 0.717) is 6.04 Å². The van der Waals surface area contributed by atoms with Gasteiger partial charge in [0, 0.05) is 6.04 Å². The molecule has 2 heteroatoms. The summed E-state index contributed by atoms with van der Waals surface area (Å²) in [6.45, 7) is 3.19. The lowest BCUT2D eigenvalue weighted by molar-refractivity contribution is 0.477. The van der Waals surface area contributed by atoms with Crippen molar-refractivity contribution in [1.29, 1.82) is 0 Å². The molecule has 1 N–H and O–H groups in total. The zero-order chi connectivity index (χ0) is 13.8. The van der Waals surface area contributed by atoms with E-state index in [1.807, 2.05) is 30.3 Å². The van der Waals surface area contributed by atoms with Crippen LogP contribution >= 0.6 is 0 Å². The Labute approximate surface area is 120 Å². The lowest BCUT2D eigenvalue weighted by Gasteiger charge is -2.18. The Morgan fingerprint density at radius 2 is 1.65 bits per heavy atom. The Morgan fingerprint density at radius 1 is 1.00 bits per heavy atom. The van der Waals surface area contributed by atoms with Crippen molar-refractivity contribution in [2.24, 2.45) is 5.92 Å². The number of hydrogen-bond acceptors (Lipinski definition) is 2. The third kappa shape index (κ3) is 3.20. The summed E-state index contributed by atoms with van der Waals surface area (Å²) < 4.78 is 5.83. The second kappa shape index (κ2) is 6.10. The van der Waals surface area contributed by atoms with Crippen LogP contribution in [0.4, 0.5) is 0 Å². The first-order valence-electron chi connectivity index (χ1n) is 7.43. The second-order valence-electron chi connectivity index (χ2n) is 5.36. The van der Waals surface area contributed by atoms with Crippen molar-refractivity contribution in [2.45, 2.75) is 25.8 Å². The molecule has 2 nitrogen and oxygen atoms in total. The summed E-state index contributed by atoms with van der Waals surface area (Å²) in [5, 5.41) is 3.59. The van der Waals surface area contributed by atoms with Crippen LogP contribution in [0.15, 0.2) is 54.6 Å². The molecule has 104 valence electrons. The summed E-state index contributed by atoms with van der Waals surface area (Å²) in [4.78, 5) is 0. The van der Waals surface area contributed by atoms with Crippen molar-refractivity contribution in [3.63, 3.8) is 0 Å². The fraction of sp³-hybridized carbons (Fsp3) is 0.333. The van der Waals surface area contributed by atoms with Gasteiger partial charge in [-0.25, -0.2) is 0 Å². The van der Waals surface area contributed by atoms with Crippen molar-refractivity contribution in [1.82, 2.24) is 5.32 Å². The molecule has 2 aromatic rings. The molecule has 0 aromatic heterocycles. The van der Waals surface area contributed by atoms with Crippen molar-refractivity contribution in [3.8, 4) is 11.5 Å². The Hall–Kier alpha value is -1.80. The highest BCUT2D eigenvalue weighted by Gasteiger charge is 2.31. The van der Waals surface area contributed by atoms with Crippen LogP contribution in [-0.2, 0) is 0 Å². The van der Waals surface area contributed by atoms with E-state index in [1.165, 1.54) is 18.4 Å². The third-order valence-corrected chi connectivity index (χ3v) is 3.74. The number of rotatable bonds is 6. The fourth-order valence-electron chi connectivity index (χ4n) is 2.57. The van der Waals surface area contributed by atoms with Crippen LogP contribution in [-0.4, -0.2) is 6.54 Å². The van der Waals surface area contributed by atoms with E-state index in [4.69, 9.17) is 4.74 Å². The van der Waals surface area contributed by atoms with E-state index >= 15 is 0 Å². The monoisotopic (exact) mass is 267 g/mol. The molecule has 1 saturated carbocycles. The molecule has 1 aliphatic carbocycles. The maximum atomic E-state index is 5.83. The lowest BCUT2D eigenvalue weighted by atomic mass is 10.0. The zero-order valence-corrected chi connectivity index (χ0v) is 11.9. The zero-order valence-electron chi connectivity index (χ0n) is 11.9. The average Bonchev–Trinajstić information content (AvgIpc) is 3.32. The number of ether oxygens (including phenoxy) is 1. The van der Waals surface area contributed by atoms with E-state index in [0.717, 1.165) is 24.0 Å². The molecule has 1 aliphatic rings. The van der Waals surface area contributed by atoms with Gasteiger partial charge in [0.25, 0.3) is 0 Å². The van der Waals surface area contributed by atoms with Crippen LogP contribution in [0.2, 0.25) is 0 Å². The van der Waals surface area contributed by atoms with Gasteiger partial charge >= 0.3 is 0 Å². The number of para-hydroxylation sites is 1. The van der Waals surface area contributed by atoms with E-state index in [-0.39, 0.29) is 0 Å². The minimum atomic E-state index is 0.505. The number of nitrogens with one attached hydrogen (secondary N) is 1. The molecular weight excluding hydrogens is 246 g/mol. The summed E-state index contributed by atoms with van der Waals surface area (Å²) >= 11 is 0. The van der Waals surface area contributed by atoms with Gasteiger partial charge in [-0.2, -0.15) is 0 Å². The van der Waals surface area contributed by atoms with E-state index in [9.17, 15) is 0 Å². The van der Waals surface area contributed by atoms with Crippen molar-refractivity contribution in [2.75, 3.05) is 6.54 Å². The van der Waals surface area contributed by atoms with Crippen LogP contribution in [0.25, 0.3) is 0 Å². The van der Waals surface area contributed by atoms with E-state index in [1.54, 1.807) is 0 Å². The fourth-order valence-corrected chi connectivity index (χ4v) is 2.57. The number of benzene rings is 2. The van der Waals surface area contributed by atoms with E-state index < -0.39 is 0 Å². The second-order valence-corrected chi connectivity index (χ2v) is 5.36. The van der Waals surface area contributed by atoms with Gasteiger partial charge in [0.05, 0.1) is 0 Å². The van der Waals surface area contributed by atoms with Gasteiger partial charge in [-0.1, -0.05) is 37.3 Å². The van der Waals surface area contributed by atoms with Crippen LogP contribution < -0.4 is 10.1 Å². The molecular formula is C18H21NO. The molecule has 20 heavy (non-hydrogen) atoms. The Kier molecular flexibility index (Phi) is 4.03. The molecule has 0 spiro atoms. The summed E-state index contributed by atoms with van der Waals surface area (Å²) in [5.74, 6) is 2.59. The predicted molar refractivity (Wildman–Crippen MR) is 82.1 cm³/mol. The predicted octanol–water partition coefficient (Wildman–Crippen LogP) is 4.54. The van der Waals surface area contributed by atoms with Crippen molar-refractivity contribution < 1.29 is 4.74 Å². The summed E-state index contributed by atoms with van der Waals surface area (Å²) in [6, 6.07) is 18.9.